The van der Waals surface area contributed by atoms with Crippen LogP contribution in [-0.2, 0) is 6.54 Å². The van der Waals surface area contributed by atoms with Gasteiger partial charge in [0.05, 0.1) is 6.26 Å². The third-order valence-electron chi connectivity index (χ3n) is 5.27. The van der Waals surface area contributed by atoms with Crippen molar-refractivity contribution in [2.24, 2.45) is 0 Å². The third kappa shape index (κ3) is 3.31. The van der Waals surface area contributed by atoms with Gasteiger partial charge in [0.1, 0.15) is 0 Å². The van der Waals surface area contributed by atoms with Crippen LogP contribution in [0.15, 0.2) is 53.1 Å². The monoisotopic (exact) mass is 353 g/mol. The maximum absolute atomic E-state index is 12.8. The summed E-state index contributed by atoms with van der Waals surface area (Å²) in [6, 6.07) is 13.8. The molecule has 3 heterocycles. The van der Waals surface area contributed by atoms with Crippen molar-refractivity contribution in [1.29, 1.82) is 0 Å². The first-order valence-electron chi connectivity index (χ1n) is 9.14. The molecule has 0 atom stereocenters. The number of urea groups is 1. The van der Waals surface area contributed by atoms with Crippen molar-refractivity contribution in [3.8, 4) is 0 Å². The summed E-state index contributed by atoms with van der Waals surface area (Å²) in [5, 5.41) is 0. The predicted molar refractivity (Wildman–Crippen MR) is 96.6 cm³/mol. The molecule has 0 saturated carbocycles. The fraction of sp³-hybridized carbons (Fsp3) is 0.400. The van der Waals surface area contributed by atoms with Crippen LogP contribution >= 0.6 is 0 Å². The predicted octanol–water partition coefficient (Wildman–Crippen LogP) is 2.82. The quantitative estimate of drug-likeness (QED) is 0.849. The van der Waals surface area contributed by atoms with Crippen molar-refractivity contribution in [2.75, 3.05) is 26.2 Å². The lowest BCUT2D eigenvalue weighted by Crippen LogP contribution is -2.48. The molecule has 6 heteroatoms. The number of hydrogen-bond acceptors (Lipinski definition) is 3. The molecule has 0 unspecified atom stereocenters. The first kappa shape index (κ1) is 16.7. The number of amides is 3. The lowest BCUT2D eigenvalue weighted by atomic mass is 10.0. The molecule has 0 N–H and O–H groups in total. The highest BCUT2D eigenvalue weighted by Crippen LogP contribution is 2.23. The Labute approximate surface area is 153 Å². The van der Waals surface area contributed by atoms with Crippen molar-refractivity contribution in [1.82, 2.24) is 14.7 Å². The van der Waals surface area contributed by atoms with Gasteiger partial charge in [-0.2, -0.15) is 0 Å². The second-order valence-electron chi connectivity index (χ2n) is 6.88. The largest absolute Gasteiger partial charge is 0.459 e. The molecule has 0 spiro atoms. The van der Waals surface area contributed by atoms with Gasteiger partial charge >= 0.3 is 6.03 Å². The van der Waals surface area contributed by atoms with E-state index in [0.717, 1.165) is 31.5 Å². The number of carbonyl (C=O) groups excluding carboxylic acids is 2. The van der Waals surface area contributed by atoms with Gasteiger partial charge in [0, 0.05) is 38.8 Å². The molecule has 6 nitrogen and oxygen atoms in total. The SMILES string of the molecule is O=C(c1ccco1)N1CCC(N2CCN(Cc3ccccc3)C2=O)CC1. The lowest BCUT2D eigenvalue weighted by Gasteiger charge is -2.36. The van der Waals surface area contributed by atoms with Gasteiger partial charge in [0.15, 0.2) is 5.76 Å². The summed E-state index contributed by atoms with van der Waals surface area (Å²) >= 11 is 0. The minimum Gasteiger partial charge on any atom is -0.459 e. The molecule has 1 aromatic heterocycles. The summed E-state index contributed by atoms with van der Waals surface area (Å²) in [4.78, 5) is 30.8. The zero-order valence-electron chi connectivity index (χ0n) is 14.7. The molecular weight excluding hydrogens is 330 g/mol. The van der Waals surface area contributed by atoms with E-state index in [2.05, 4.69) is 12.1 Å². The van der Waals surface area contributed by atoms with Crippen LogP contribution in [0.2, 0.25) is 0 Å². The highest BCUT2D eigenvalue weighted by atomic mass is 16.3. The van der Waals surface area contributed by atoms with Crippen molar-refractivity contribution in [3.63, 3.8) is 0 Å². The summed E-state index contributed by atoms with van der Waals surface area (Å²) in [7, 11) is 0. The molecular formula is C20H23N3O3. The normalized spacial score (nSPS) is 18.6. The molecule has 0 aliphatic carbocycles. The second-order valence-corrected chi connectivity index (χ2v) is 6.88. The Morgan fingerprint density at radius 2 is 1.77 bits per heavy atom. The Bertz CT molecular complexity index is 752. The number of likely N-dealkylation sites (tertiary alicyclic amines) is 1. The van der Waals surface area contributed by atoms with Gasteiger partial charge in [-0.15, -0.1) is 0 Å². The Hall–Kier alpha value is -2.76. The third-order valence-corrected chi connectivity index (χ3v) is 5.27. The average Bonchev–Trinajstić information content (AvgIpc) is 3.33. The number of carbonyl (C=O) groups is 2. The maximum atomic E-state index is 12.8. The zero-order valence-corrected chi connectivity index (χ0v) is 14.7. The highest BCUT2D eigenvalue weighted by Gasteiger charge is 2.36. The van der Waals surface area contributed by atoms with E-state index >= 15 is 0 Å². The standard InChI is InChI=1S/C20H23N3O3/c24-19(18-7-4-14-26-18)21-10-8-17(9-11-21)23-13-12-22(20(23)25)15-16-5-2-1-3-6-16/h1-7,14,17H,8-13,15H2. The van der Waals surface area contributed by atoms with Gasteiger partial charge in [-0.25, -0.2) is 4.79 Å². The van der Waals surface area contributed by atoms with Gasteiger partial charge in [0.25, 0.3) is 5.91 Å². The smallest absolute Gasteiger partial charge is 0.320 e. The molecule has 0 radical (unpaired) electrons. The van der Waals surface area contributed by atoms with Gasteiger partial charge in [-0.1, -0.05) is 30.3 Å². The van der Waals surface area contributed by atoms with Crippen LogP contribution in [0.25, 0.3) is 0 Å². The number of rotatable bonds is 4. The molecule has 136 valence electrons. The summed E-state index contributed by atoms with van der Waals surface area (Å²) in [5.41, 5.74) is 1.15. The van der Waals surface area contributed by atoms with Crippen LogP contribution in [0.3, 0.4) is 0 Å². The van der Waals surface area contributed by atoms with E-state index in [1.807, 2.05) is 32.9 Å². The zero-order chi connectivity index (χ0) is 17.9. The summed E-state index contributed by atoms with van der Waals surface area (Å²) < 4.78 is 5.20. The highest BCUT2D eigenvalue weighted by molar-refractivity contribution is 5.91. The second kappa shape index (κ2) is 7.23. The maximum Gasteiger partial charge on any atom is 0.320 e. The number of furan rings is 1. The summed E-state index contributed by atoms with van der Waals surface area (Å²) in [6.07, 6.45) is 3.15. The van der Waals surface area contributed by atoms with E-state index in [4.69, 9.17) is 4.42 Å². The van der Waals surface area contributed by atoms with Crippen molar-refractivity contribution in [3.05, 3.63) is 60.1 Å². The minimum absolute atomic E-state index is 0.0631. The van der Waals surface area contributed by atoms with Crippen LogP contribution < -0.4 is 0 Å². The Balaban J connectivity index is 1.32. The van der Waals surface area contributed by atoms with Crippen LogP contribution in [0.1, 0.15) is 29.0 Å². The molecule has 2 fully saturated rings. The van der Waals surface area contributed by atoms with Crippen LogP contribution in [0.5, 0.6) is 0 Å². The van der Waals surface area contributed by atoms with E-state index in [1.165, 1.54) is 6.26 Å². The van der Waals surface area contributed by atoms with Gasteiger partial charge < -0.3 is 19.1 Å². The number of nitrogens with zero attached hydrogens (tertiary/aromatic N) is 3. The van der Waals surface area contributed by atoms with E-state index in [0.29, 0.717) is 25.4 Å². The van der Waals surface area contributed by atoms with Gasteiger partial charge in [-0.3, -0.25) is 4.79 Å². The van der Waals surface area contributed by atoms with E-state index in [-0.39, 0.29) is 18.0 Å². The molecule has 0 bridgehead atoms. The van der Waals surface area contributed by atoms with Crippen LogP contribution in [-0.4, -0.2) is 58.9 Å². The first-order chi connectivity index (χ1) is 12.7. The number of hydrogen-bond donors (Lipinski definition) is 0. The number of piperidine rings is 1. The molecule has 26 heavy (non-hydrogen) atoms. The topological polar surface area (TPSA) is 57.0 Å². The van der Waals surface area contributed by atoms with E-state index < -0.39 is 0 Å². The van der Waals surface area contributed by atoms with Gasteiger partial charge in [-0.05, 0) is 30.5 Å². The number of benzene rings is 1. The van der Waals surface area contributed by atoms with Crippen molar-refractivity contribution in [2.45, 2.75) is 25.4 Å². The Kier molecular flexibility index (Phi) is 4.65. The molecule has 1 aromatic carbocycles. The summed E-state index contributed by atoms with van der Waals surface area (Å²) in [5.74, 6) is 0.321. The molecule has 2 aromatic rings. The Morgan fingerprint density at radius 3 is 2.46 bits per heavy atom. The van der Waals surface area contributed by atoms with Crippen molar-refractivity contribution < 1.29 is 14.0 Å². The van der Waals surface area contributed by atoms with Crippen LogP contribution in [0.4, 0.5) is 4.79 Å². The lowest BCUT2D eigenvalue weighted by molar-refractivity contribution is 0.0632. The molecule has 2 aliphatic heterocycles. The van der Waals surface area contributed by atoms with Crippen molar-refractivity contribution >= 4 is 11.9 Å². The van der Waals surface area contributed by atoms with E-state index in [1.54, 1.807) is 12.1 Å². The Morgan fingerprint density at radius 1 is 1.00 bits per heavy atom. The first-order valence-corrected chi connectivity index (χ1v) is 9.14. The fourth-order valence-electron chi connectivity index (χ4n) is 3.83. The van der Waals surface area contributed by atoms with E-state index in [9.17, 15) is 9.59 Å². The molecule has 2 saturated heterocycles. The average molecular weight is 353 g/mol. The summed E-state index contributed by atoms with van der Waals surface area (Å²) in [6.45, 7) is 3.51. The molecule has 4 rings (SSSR count). The molecule has 2 aliphatic rings. The van der Waals surface area contributed by atoms with Gasteiger partial charge in [0.2, 0.25) is 0 Å². The van der Waals surface area contributed by atoms with Crippen LogP contribution in [0, 0.1) is 0 Å². The minimum atomic E-state index is -0.0631. The fourth-order valence-corrected chi connectivity index (χ4v) is 3.83. The molecule has 3 amide bonds.